The summed E-state index contributed by atoms with van der Waals surface area (Å²) < 4.78 is 0. The lowest BCUT2D eigenvalue weighted by atomic mass is 10.2. The molecule has 1 amide bonds. The number of piperazine rings is 1. The zero-order valence-electron chi connectivity index (χ0n) is 17.2. The summed E-state index contributed by atoms with van der Waals surface area (Å²) in [6, 6.07) is 10.6. The minimum atomic E-state index is 0.0822. The molecule has 0 radical (unpaired) electrons. The number of hydrogen-bond acceptors (Lipinski definition) is 5. The van der Waals surface area contributed by atoms with Gasteiger partial charge in [-0.25, -0.2) is 0 Å². The number of carbonyl (C=O) groups is 1. The SMILES string of the molecule is O=C(CN1CCN(Cc2ccsc2)CC1)Nc1ccc(N2CCCCCC2)cc1. The predicted molar refractivity (Wildman–Crippen MR) is 122 cm³/mol. The maximum atomic E-state index is 12.5. The van der Waals surface area contributed by atoms with Crippen molar-refractivity contribution in [3.63, 3.8) is 0 Å². The highest BCUT2D eigenvalue weighted by Crippen LogP contribution is 2.21. The minimum absolute atomic E-state index is 0.0822. The first-order chi connectivity index (χ1) is 14.3. The van der Waals surface area contributed by atoms with Gasteiger partial charge in [0.05, 0.1) is 6.54 Å². The van der Waals surface area contributed by atoms with Gasteiger partial charge in [0.25, 0.3) is 0 Å². The zero-order chi connectivity index (χ0) is 19.9. The summed E-state index contributed by atoms with van der Waals surface area (Å²) in [5, 5.41) is 7.42. The van der Waals surface area contributed by atoms with Gasteiger partial charge >= 0.3 is 0 Å². The standard InChI is InChI=1S/C23H32N4OS/c28-23(18-26-14-12-25(13-15-26)17-20-9-16-29-19-20)24-21-5-7-22(8-6-21)27-10-3-1-2-4-11-27/h5-9,16,19H,1-4,10-15,17-18H2,(H,24,28). The molecule has 1 aromatic carbocycles. The summed E-state index contributed by atoms with van der Waals surface area (Å²) in [4.78, 5) is 19.7. The summed E-state index contributed by atoms with van der Waals surface area (Å²) in [7, 11) is 0. The number of anilines is 2. The summed E-state index contributed by atoms with van der Waals surface area (Å²) in [6.07, 6.45) is 5.23. The Labute approximate surface area is 178 Å². The molecular weight excluding hydrogens is 380 g/mol. The van der Waals surface area contributed by atoms with Crippen molar-refractivity contribution in [3.8, 4) is 0 Å². The first-order valence-corrected chi connectivity index (χ1v) is 11.8. The molecule has 0 spiro atoms. The maximum absolute atomic E-state index is 12.5. The molecule has 2 saturated heterocycles. The quantitative estimate of drug-likeness (QED) is 0.781. The normalized spacial score (nSPS) is 19.1. The van der Waals surface area contributed by atoms with Crippen LogP contribution < -0.4 is 10.2 Å². The second kappa shape index (κ2) is 10.2. The molecule has 0 unspecified atom stereocenters. The third-order valence-corrected chi connectivity index (χ3v) is 6.67. The molecule has 4 rings (SSSR count). The molecule has 0 saturated carbocycles. The Balaban J connectivity index is 1.20. The van der Waals surface area contributed by atoms with E-state index >= 15 is 0 Å². The van der Waals surface area contributed by atoms with E-state index in [4.69, 9.17) is 0 Å². The maximum Gasteiger partial charge on any atom is 0.238 e. The zero-order valence-corrected chi connectivity index (χ0v) is 18.0. The van der Waals surface area contributed by atoms with Crippen LogP contribution in [0.3, 0.4) is 0 Å². The third kappa shape index (κ3) is 6.04. The van der Waals surface area contributed by atoms with Crippen molar-refractivity contribution < 1.29 is 4.79 Å². The Morgan fingerprint density at radius 1 is 0.862 bits per heavy atom. The predicted octanol–water partition coefficient (Wildman–Crippen LogP) is 3.88. The van der Waals surface area contributed by atoms with E-state index in [1.165, 1.54) is 36.9 Å². The van der Waals surface area contributed by atoms with Gasteiger partial charge in [0.15, 0.2) is 0 Å². The highest BCUT2D eigenvalue weighted by atomic mass is 32.1. The van der Waals surface area contributed by atoms with Crippen LogP contribution in [0.5, 0.6) is 0 Å². The molecule has 2 aliphatic heterocycles. The van der Waals surface area contributed by atoms with E-state index in [0.29, 0.717) is 6.54 Å². The average Bonchev–Trinajstić information content (AvgIpc) is 3.09. The van der Waals surface area contributed by atoms with Crippen LogP contribution in [-0.4, -0.2) is 61.5 Å². The average molecular weight is 413 g/mol. The van der Waals surface area contributed by atoms with Gasteiger partial charge in [0.1, 0.15) is 0 Å². The lowest BCUT2D eigenvalue weighted by molar-refractivity contribution is -0.117. The van der Waals surface area contributed by atoms with Crippen molar-refractivity contribution >= 4 is 28.6 Å². The van der Waals surface area contributed by atoms with Crippen LogP contribution in [0.1, 0.15) is 31.2 Å². The Morgan fingerprint density at radius 3 is 2.21 bits per heavy atom. The fourth-order valence-electron chi connectivity index (χ4n) is 4.23. The first kappa shape index (κ1) is 20.4. The molecule has 0 bridgehead atoms. The van der Waals surface area contributed by atoms with Crippen molar-refractivity contribution in [2.45, 2.75) is 32.2 Å². The van der Waals surface area contributed by atoms with E-state index in [0.717, 1.165) is 51.5 Å². The summed E-state index contributed by atoms with van der Waals surface area (Å²) >= 11 is 1.76. The Bertz CT molecular complexity index is 746. The molecule has 0 aliphatic carbocycles. The van der Waals surface area contributed by atoms with Gasteiger partial charge in [-0.3, -0.25) is 14.6 Å². The molecule has 2 fully saturated rings. The monoisotopic (exact) mass is 412 g/mol. The molecule has 2 aromatic rings. The van der Waals surface area contributed by atoms with Gasteiger partial charge < -0.3 is 10.2 Å². The van der Waals surface area contributed by atoms with Crippen LogP contribution in [0.4, 0.5) is 11.4 Å². The van der Waals surface area contributed by atoms with E-state index in [2.05, 4.69) is 49.0 Å². The summed E-state index contributed by atoms with van der Waals surface area (Å²) in [5.41, 5.74) is 3.56. The van der Waals surface area contributed by atoms with E-state index in [1.807, 2.05) is 12.1 Å². The van der Waals surface area contributed by atoms with Crippen molar-refractivity contribution in [1.82, 2.24) is 9.80 Å². The largest absolute Gasteiger partial charge is 0.372 e. The number of rotatable bonds is 6. The Hall–Kier alpha value is -1.89. The number of nitrogens with one attached hydrogen (secondary N) is 1. The van der Waals surface area contributed by atoms with E-state index < -0.39 is 0 Å². The van der Waals surface area contributed by atoms with E-state index in [1.54, 1.807) is 11.3 Å². The van der Waals surface area contributed by atoms with Crippen molar-refractivity contribution in [1.29, 1.82) is 0 Å². The number of nitrogens with zero attached hydrogens (tertiary/aromatic N) is 3. The number of thiophene rings is 1. The molecular formula is C23H32N4OS. The van der Waals surface area contributed by atoms with Crippen LogP contribution in [0.2, 0.25) is 0 Å². The summed E-state index contributed by atoms with van der Waals surface area (Å²) in [6.45, 7) is 7.72. The Kier molecular flexibility index (Phi) is 7.19. The molecule has 5 nitrogen and oxygen atoms in total. The van der Waals surface area contributed by atoms with Crippen LogP contribution in [-0.2, 0) is 11.3 Å². The van der Waals surface area contributed by atoms with Gasteiger partial charge in [-0.2, -0.15) is 11.3 Å². The first-order valence-electron chi connectivity index (χ1n) is 10.9. The van der Waals surface area contributed by atoms with Crippen LogP contribution in [0.15, 0.2) is 41.1 Å². The third-order valence-electron chi connectivity index (χ3n) is 5.94. The lowest BCUT2D eigenvalue weighted by Gasteiger charge is -2.34. The minimum Gasteiger partial charge on any atom is -0.372 e. The Morgan fingerprint density at radius 2 is 1.55 bits per heavy atom. The fraction of sp³-hybridized carbons (Fsp3) is 0.522. The van der Waals surface area contributed by atoms with Gasteiger partial charge in [-0.15, -0.1) is 0 Å². The summed E-state index contributed by atoms with van der Waals surface area (Å²) in [5.74, 6) is 0.0822. The topological polar surface area (TPSA) is 38.8 Å². The second-order valence-electron chi connectivity index (χ2n) is 8.18. The molecule has 0 atom stereocenters. The van der Waals surface area contributed by atoms with Crippen LogP contribution >= 0.6 is 11.3 Å². The number of amides is 1. The fourth-order valence-corrected chi connectivity index (χ4v) is 4.89. The molecule has 1 aromatic heterocycles. The molecule has 3 heterocycles. The van der Waals surface area contributed by atoms with Gasteiger partial charge in [-0.05, 0) is 59.5 Å². The van der Waals surface area contributed by atoms with E-state index in [9.17, 15) is 4.79 Å². The molecule has 2 aliphatic rings. The lowest BCUT2D eigenvalue weighted by Crippen LogP contribution is -2.48. The number of carbonyl (C=O) groups excluding carboxylic acids is 1. The molecule has 29 heavy (non-hydrogen) atoms. The smallest absolute Gasteiger partial charge is 0.238 e. The molecule has 156 valence electrons. The van der Waals surface area contributed by atoms with Gasteiger partial charge in [0.2, 0.25) is 5.91 Å². The highest BCUT2D eigenvalue weighted by molar-refractivity contribution is 7.07. The van der Waals surface area contributed by atoms with E-state index in [-0.39, 0.29) is 5.91 Å². The highest BCUT2D eigenvalue weighted by Gasteiger charge is 2.19. The van der Waals surface area contributed by atoms with Crippen molar-refractivity contribution in [2.75, 3.05) is 56.0 Å². The van der Waals surface area contributed by atoms with Crippen LogP contribution in [0.25, 0.3) is 0 Å². The van der Waals surface area contributed by atoms with Crippen molar-refractivity contribution in [2.24, 2.45) is 0 Å². The molecule has 1 N–H and O–H groups in total. The van der Waals surface area contributed by atoms with Gasteiger partial charge in [0, 0.05) is 57.2 Å². The number of hydrogen-bond donors (Lipinski definition) is 1. The van der Waals surface area contributed by atoms with Gasteiger partial charge in [-0.1, -0.05) is 12.8 Å². The van der Waals surface area contributed by atoms with Crippen LogP contribution in [0, 0.1) is 0 Å². The second-order valence-corrected chi connectivity index (χ2v) is 8.96. The number of benzene rings is 1. The molecule has 6 heteroatoms. The van der Waals surface area contributed by atoms with Crippen molar-refractivity contribution in [3.05, 3.63) is 46.7 Å².